The van der Waals surface area contributed by atoms with Gasteiger partial charge in [0.2, 0.25) is 0 Å². The Balaban J connectivity index is 2.48. The molecule has 0 heterocycles. The molecule has 0 saturated heterocycles. The van der Waals surface area contributed by atoms with Crippen molar-refractivity contribution in [2.45, 2.75) is 76.9 Å². The van der Waals surface area contributed by atoms with Crippen molar-refractivity contribution in [3.8, 4) is 0 Å². The maximum absolute atomic E-state index is 12.1. The third kappa shape index (κ3) is 8.45. The van der Waals surface area contributed by atoms with Gasteiger partial charge in [0.1, 0.15) is 5.78 Å². The standard InChI is InChI=1S/C20H32O5/c1-2-3-6-9-15(21)12-13-17-16(18(22)14-19(17)23)10-7-4-5-8-11-20(24)25/h4,7,12-13,15-17,19,21,23H,2-3,5-6,8-11,14H2,1H3,(H,24,25)/b7-4+,13-12+/t15-,16+,17+,19+/m0/s1. The summed E-state index contributed by atoms with van der Waals surface area (Å²) in [5, 5.41) is 28.7. The van der Waals surface area contributed by atoms with Gasteiger partial charge >= 0.3 is 5.97 Å². The van der Waals surface area contributed by atoms with Crippen LogP contribution < -0.4 is 0 Å². The van der Waals surface area contributed by atoms with Crippen LogP contribution in [0.15, 0.2) is 24.3 Å². The van der Waals surface area contributed by atoms with Crippen LogP contribution in [0.5, 0.6) is 0 Å². The molecule has 142 valence electrons. The number of aliphatic carboxylic acids is 1. The summed E-state index contributed by atoms with van der Waals surface area (Å²) in [7, 11) is 0. The number of hydrogen-bond donors (Lipinski definition) is 3. The lowest BCUT2D eigenvalue weighted by Crippen LogP contribution is -2.18. The van der Waals surface area contributed by atoms with Gasteiger partial charge in [0.05, 0.1) is 12.2 Å². The first-order valence-corrected chi connectivity index (χ1v) is 9.39. The second-order valence-electron chi connectivity index (χ2n) is 6.86. The molecular formula is C20H32O5. The normalized spacial score (nSPS) is 25.2. The average Bonchev–Trinajstić information content (AvgIpc) is 2.82. The summed E-state index contributed by atoms with van der Waals surface area (Å²) in [4.78, 5) is 22.5. The number of Topliss-reactive ketones (excluding diaryl/α,β-unsaturated/α-hetero) is 1. The summed E-state index contributed by atoms with van der Waals surface area (Å²) in [5.41, 5.74) is 0. The number of unbranched alkanes of at least 4 members (excludes halogenated alkanes) is 3. The number of allylic oxidation sites excluding steroid dienone is 2. The number of carboxylic acids is 1. The molecule has 0 aromatic rings. The van der Waals surface area contributed by atoms with E-state index in [-0.39, 0.29) is 30.5 Å². The molecule has 1 rings (SSSR count). The number of carbonyl (C=O) groups is 2. The molecule has 0 aromatic carbocycles. The number of aliphatic hydroxyl groups is 2. The van der Waals surface area contributed by atoms with Gasteiger partial charge in [-0.1, -0.05) is 50.5 Å². The Labute approximate surface area is 150 Å². The molecule has 5 heteroatoms. The van der Waals surface area contributed by atoms with Crippen LogP contribution in [0.3, 0.4) is 0 Å². The van der Waals surface area contributed by atoms with Gasteiger partial charge in [-0.3, -0.25) is 9.59 Å². The van der Waals surface area contributed by atoms with E-state index in [1.54, 1.807) is 12.2 Å². The first-order valence-electron chi connectivity index (χ1n) is 9.39. The first kappa shape index (κ1) is 21.6. The van der Waals surface area contributed by atoms with Gasteiger partial charge in [-0.15, -0.1) is 0 Å². The van der Waals surface area contributed by atoms with Crippen molar-refractivity contribution in [1.29, 1.82) is 0 Å². The fourth-order valence-electron chi connectivity index (χ4n) is 3.22. The SMILES string of the molecule is CCCCC[C@H](O)/C=C/[C@H]1[C@H](O)CC(=O)[C@@H]1C/C=C/CCCC(=O)O. The van der Waals surface area contributed by atoms with E-state index in [0.717, 1.165) is 19.3 Å². The lowest BCUT2D eigenvalue weighted by Gasteiger charge is -2.16. The van der Waals surface area contributed by atoms with E-state index in [0.29, 0.717) is 25.7 Å². The van der Waals surface area contributed by atoms with Crippen molar-refractivity contribution in [2.24, 2.45) is 11.8 Å². The van der Waals surface area contributed by atoms with Gasteiger partial charge in [-0.2, -0.15) is 0 Å². The van der Waals surface area contributed by atoms with E-state index < -0.39 is 18.2 Å². The summed E-state index contributed by atoms with van der Waals surface area (Å²) in [6.45, 7) is 2.11. The summed E-state index contributed by atoms with van der Waals surface area (Å²) < 4.78 is 0. The minimum absolute atomic E-state index is 0.0535. The lowest BCUT2D eigenvalue weighted by molar-refractivity contribution is -0.137. The van der Waals surface area contributed by atoms with E-state index in [4.69, 9.17) is 5.11 Å². The third-order valence-corrected chi connectivity index (χ3v) is 4.71. The van der Waals surface area contributed by atoms with Crippen molar-refractivity contribution in [3.63, 3.8) is 0 Å². The van der Waals surface area contributed by atoms with Gasteiger partial charge in [-0.05, 0) is 25.7 Å². The molecule has 0 radical (unpaired) electrons. The van der Waals surface area contributed by atoms with Crippen LogP contribution in [-0.4, -0.2) is 39.3 Å². The molecule has 0 aliphatic heterocycles. The topological polar surface area (TPSA) is 94.8 Å². The van der Waals surface area contributed by atoms with Crippen LogP contribution >= 0.6 is 0 Å². The second-order valence-corrected chi connectivity index (χ2v) is 6.86. The highest BCUT2D eigenvalue weighted by Crippen LogP contribution is 2.33. The van der Waals surface area contributed by atoms with Crippen molar-refractivity contribution in [3.05, 3.63) is 24.3 Å². The molecule has 3 N–H and O–H groups in total. The van der Waals surface area contributed by atoms with Crippen LogP contribution in [-0.2, 0) is 9.59 Å². The maximum atomic E-state index is 12.1. The van der Waals surface area contributed by atoms with Crippen molar-refractivity contribution in [1.82, 2.24) is 0 Å². The quantitative estimate of drug-likeness (QED) is 0.370. The van der Waals surface area contributed by atoms with E-state index in [1.165, 1.54) is 0 Å². The fraction of sp³-hybridized carbons (Fsp3) is 0.700. The molecule has 1 saturated carbocycles. The molecule has 5 nitrogen and oxygen atoms in total. The van der Waals surface area contributed by atoms with Gasteiger partial charge in [0, 0.05) is 24.7 Å². The summed E-state index contributed by atoms with van der Waals surface area (Å²) in [5.74, 6) is -1.26. The Morgan fingerprint density at radius 3 is 2.72 bits per heavy atom. The average molecular weight is 352 g/mol. The molecule has 0 amide bonds. The molecule has 0 unspecified atom stereocenters. The number of aliphatic hydroxyl groups excluding tert-OH is 2. The van der Waals surface area contributed by atoms with Crippen molar-refractivity contribution < 1.29 is 24.9 Å². The zero-order valence-electron chi connectivity index (χ0n) is 15.1. The van der Waals surface area contributed by atoms with Crippen molar-refractivity contribution >= 4 is 11.8 Å². The monoisotopic (exact) mass is 352 g/mol. The summed E-state index contributed by atoms with van der Waals surface area (Å²) in [6, 6.07) is 0. The Morgan fingerprint density at radius 2 is 2.04 bits per heavy atom. The van der Waals surface area contributed by atoms with Crippen LogP contribution in [0.2, 0.25) is 0 Å². The lowest BCUT2D eigenvalue weighted by atomic mass is 9.90. The number of ketones is 1. The fourth-order valence-corrected chi connectivity index (χ4v) is 3.22. The van der Waals surface area contributed by atoms with Gasteiger partial charge in [0.15, 0.2) is 0 Å². The molecule has 4 atom stereocenters. The molecule has 1 fully saturated rings. The predicted octanol–water partition coefficient (Wildman–Crippen LogP) is 3.25. The highest BCUT2D eigenvalue weighted by atomic mass is 16.4. The van der Waals surface area contributed by atoms with E-state index in [9.17, 15) is 19.8 Å². The Morgan fingerprint density at radius 1 is 1.28 bits per heavy atom. The number of rotatable bonds is 12. The molecule has 1 aliphatic carbocycles. The maximum Gasteiger partial charge on any atom is 0.303 e. The number of hydrogen-bond acceptors (Lipinski definition) is 4. The summed E-state index contributed by atoms with van der Waals surface area (Å²) in [6.07, 6.45) is 12.1. The zero-order chi connectivity index (χ0) is 18.7. The Hall–Kier alpha value is -1.46. The van der Waals surface area contributed by atoms with Crippen LogP contribution in [0.1, 0.15) is 64.7 Å². The van der Waals surface area contributed by atoms with Crippen molar-refractivity contribution in [2.75, 3.05) is 0 Å². The molecule has 25 heavy (non-hydrogen) atoms. The minimum atomic E-state index is -0.801. The van der Waals surface area contributed by atoms with Gasteiger partial charge in [-0.25, -0.2) is 0 Å². The third-order valence-electron chi connectivity index (χ3n) is 4.71. The number of carbonyl (C=O) groups excluding carboxylic acids is 1. The molecule has 0 bridgehead atoms. The Bertz CT molecular complexity index is 469. The van der Waals surface area contributed by atoms with Crippen LogP contribution in [0.4, 0.5) is 0 Å². The van der Waals surface area contributed by atoms with Gasteiger partial charge < -0.3 is 15.3 Å². The van der Waals surface area contributed by atoms with Crippen LogP contribution in [0.25, 0.3) is 0 Å². The Kier molecular flexibility index (Phi) is 10.3. The highest BCUT2D eigenvalue weighted by Gasteiger charge is 2.39. The largest absolute Gasteiger partial charge is 0.481 e. The molecular weight excluding hydrogens is 320 g/mol. The van der Waals surface area contributed by atoms with E-state index in [2.05, 4.69) is 6.92 Å². The summed E-state index contributed by atoms with van der Waals surface area (Å²) >= 11 is 0. The van der Waals surface area contributed by atoms with Gasteiger partial charge in [0.25, 0.3) is 0 Å². The number of carboxylic acid groups (broad SMARTS) is 1. The van der Waals surface area contributed by atoms with E-state index in [1.807, 2.05) is 12.2 Å². The molecule has 0 aromatic heterocycles. The minimum Gasteiger partial charge on any atom is -0.481 e. The molecule has 1 aliphatic rings. The smallest absolute Gasteiger partial charge is 0.303 e. The first-order chi connectivity index (χ1) is 12.0. The second kappa shape index (κ2) is 12.0. The highest BCUT2D eigenvalue weighted by molar-refractivity contribution is 5.84. The van der Waals surface area contributed by atoms with Crippen LogP contribution in [0, 0.1) is 11.8 Å². The van der Waals surface area contributed by atoms with E-state index >= 15 is 0 Å². The molecule has 0 spiro atoms. The predicted molar refractivity (Wildman–Crippen MR) is 97.1 cm³/mol. The zero-order valence-corrected chi connectivity index (χ0v) is 15.1.